The Kier molecular flexibility index (Phi) is 5.87. The maximum absolute atomic E-state index is 12.6. The number of anilines is 1. The predicted molar refractivity (Wildman–Crippen MR) is 112 cm³/mol. The van der Waals surface area contributed by atoms with Gasteiger partial charge in [0.25, 0.3) is 5.91 Å². The summed E-state index contributed by atoms with van der Waals surface area (Å²) in [6, 6.07) is 7.29. The van der Waals surface area contributed by atoms with Gasteiger partial charge in [-0.25, -0.2) is 14.8 Å². The molecule has 0 saturated carbocycles. The highest BCUT2D eigenvalue weighted by Gasteiger charge is 2.22. The van der Waals surface area contributed by atoms with Crippen molar-refractivity contribution in [3.05, 3.63) is 70.0 Å². The Hall–Kier alpha value is -3.03. The van der Waals surface area contributed by atoms with E-state index in [0.717, 1.165) is 22.3 Å². The number of hydrogen-bond donors (Lipinski definition) is 2. The second kappa shape index (κ2) is 8.33. The summed E-state index contributed by atoms with van der Waals surface area (Å²) in [6.07, 6.45) is 4.97. The van der Waals surface area contributed by atoms with Gasteiger partial charge in [-0.3, -0.25) is 4.79 Å². The average Bonchev–Trinajstić information content (AvgIpc) is 3.09. The molecule has 0 aliphatic heterocycles. The number of carbonyl (C=O) groups excluding carboxylic acids is 1. The van der Waals surface area contributed by atoms with Crippen molar-refractivity contribution in [2.45, 2.75) is 13.8 Å². The zero-order valence-corrected chi connectivity index (χ0v) is 16.6. The number of carboxylic acid groups (broad SMARTS) is 1. The highest BCUT2D eigenvalue weighted by molar-refractivity contribution is 7.15. The summed E-state index contributed by atoms with van der Waals surface area (Å²) in [4.78, 5) is 32.7. The van der Waals surface area contributed by atoms with Gasteiger partial charge in [-0.15, -0.1) is 11.3 Å². The van der Waals surface area contributed by atoms with Crippen LogP contribution in [0.25, 0.3) is 16.5 Å². The van der Waals surface area contributed by atoms with E-state index in [4.69, 9.17) is 11.6 Å². The Bertz CT molecular complexity index is 1130. The maximum Gasteiger partial charge on any atom is 0.339 e. The summed E-state index contributed by atoms with van der Waals surface area (Å²) in [7, 11) is 0. The van der Waals surface area contributed by atoms with E-state index in [0.29, 0.717) is 16.1 Å². The minimum Gasteiger partial charge on any atom is -0.478 e. The lowest BCUT2D eigenvalue weighted by Crippen LogP contribution is -2.16. The van der Waals surface area contributed by atoms with Crippen LogP contribution in [0, 0.1) is 0 Å². The first-order valence-electron chi connectivity index (χ1n) is 8.26. The van der Waals surface area contributed by atoms with Crippen LogP contribution in [0.15, 0.2) is 53.0 Å². The third-order valence-electron chi connectivity index (χ3n) is 3.91. The number of hydrogen-bond acceptors (Lipinski definition) is 5. The summed E-state index contributed by atoms with van der Waals surface area (Å²) in [5.74, 6) is -1.73. The molecule has 1 amide bonds. The second-order valence-electron chi connectivity index (χ2n) is 5.97. The van der Waals surface area contributed by atoms with E-state index in [1.807, 2.05) is 18.2 Å². The minimum atomic E-state index is -1.13. The van der Waals surface area contributed by atoms with E-state index in [-0.39, 0.29) is 16.4 Å². The van der Waals surface area contributed by atoms with Crippen LogP contribution in [-0.4, -0.2) is 27.0 Å². The standard InChI is InChI=1S/C20H16ClN3O3S/c1-11(7-8-12(2)21)14-10-28-19(16(14)20(26)27)24-18(25)17-22-9-13-5-3-4-6-15(13)23-17/h3-10H,1-2H3,(H,24,25)(H,26,27)/b11-7+,12-8+. The number of fused-ring (bicyclic) bond motifs is 1. The summed E-state index contributed by atoms with van der Waals surface area (Å²) in [5.41, 5.74) is 1.89. The number of para-hydroxylation sites is 1. The van der Waals surface area contributed by atoms with Crippen LogP contribution >= 0.6 is 22.9 Å². The molecule has 0 radical (unpaired) electrons. The Morgan fingerprint density at radius 3 is 2.68 bits per heavy atom. The molecule has 3 aromatic rings. The lowest BCUT2D eigenvalue weighted by molar-refractivity contribution is 0.0698. The predicted octanol–water partition coefficient (Wildman–Crippen LogP) is 5.19. The normalized spacial score (nSPS) is 12.2. The molecule has 8 heteroatoms. The number of aromatic nitrogens is 2. The van der Waals surface area contributed by atoms with Gasteiger partial charge in [-0.2, -0.15) is 0 Å². The summed E-state index contributed by atoms with van der Waals surface area (Å²) in [5, 5.41) is 15.6. The van der Waals surface area contributed by atoms with Crippen LogP contribution in [0.1, 0.15) is 40.4 Å². The first-order chi connectivity index (χ1) is 13.4. The fourth-order valence-corrected chi connectivity index (χ4v) is 3.59. The van der Waals surface area contributed by atoms with Gasteiger partial charge < -0.3 is 10.4 Å². The Balaban J connectivity index is 1.93. The van der Waals surface area contributed by atoms with Gasteiger partial charge in [0, 0.05) is 27.6 Å². The zero-order valence-electron chi connectivity index (χ0n) is 15.1. The van der Waals surface area contributed by atoms with Crippen molar-refractivity contribution < 1.29 is 14.7 Å². The number of benzene rings is 1. The van der Waals surface area contributed by atoms with Crippen LogP contribution < -0.4 is 5.32 Å². The molecular weight excluding hydrogens is 398 g/mol. The van der Waals surface area contributed by atoms with Crippen molar-refractivity contribution >= 4 is 56.3 Å². The molecule has 3 rings (SSSR count). The highest BCUT2D eigenvalue weighted by atomic mass is 35.5. The molecule has 1 aromatic carbocycles. The SMILES string of the molecule is C/C(Cl)=C\C=C(/C)c1csc(NC(=O)c2ncc3ccccc3n2)c1C(=O)O. The molecule has 0 atom stereocenters. The molecule has 0 saturated heterocycles. The first kappa shape index (κ1) is 19.7. The monoisotopic (exact) mass is 413 g/mol. The van der Waals surface area contributed by atoms with Crippen molar-refractivity contribution in [1.82, 2.24) is 9.97 Å². The van der Waals surface area contributed by atoms with Gasteiger partial charge in [0.05, 0.1) is 5.52 Å². The molecule has 2 heterocycles. The topological polar surface area (TPSA) is 92.2 Å². The van der Waals surface area contributed by atoms with Gasteiger partial charge in [0.2, 0.25) is 5.82 Å². The number of nitrogens with one attached hydrogen (secondary N) is 1. The third kappa shape index (κ3) is 4.27. The minimum absolute atomic E-state index is 0.0218. The molecule has 0 fully saturated rings. The van der Waals surface area contributed by atoms with Crippen LogP contribution in [-0.2, 0) is 0 Å². The lowest BCUT2D eigenvalue weighted by atomic mass is 10.1. The molecule has 0 aliphatic carbocycles. The number of carbonyl (C=O) groups is 2. The van der Waals surface area contributed by atoms with E-state index in [2.05, 4.69) is 15.3 Å². The van der Waals surface area contributed by atoms with Gasteiger partial charge in [-0.05, 0) is 31.6 Å². The fourth-order valence-electron chi connectivity index (χ4n) is 2.52. The number of amides is 1. The van der Waals surface area contributed by atoms with E-state index < -0.39 is 11.9 Å². The Labute approximate surface area is 170 Å². The molecule has 2 aromatic heterocycles. The van der Waals surface area contributed by atoms with Crippen molar-refractivity contribution in [2.75, 3.05) is 5.32 Å². The van der Waals surface area contributed by atoms with Crippen LogP contribution in [0.4, 0.5) is 5.00 Å². The maximum atomic E-state index is 12.6. The van der Waals surface area contributed by atoms with E-state index in [1.54, 1.807) is 43.6 Å². The molecule has 0 unspecified atom stereocenters. The number of nitrogens with zero attached hydrogens (tertiary/aromatic N) is 2. The molecular formula is C20H16ClN3O3S. The number of carboxylic acids is 1. The molecule has 0 spiro atoms. The molecule has 2 N–H and O–H groups in total. The van der Waals surface area contributed by atoms with Crippen LogP contribution in [0.2, 0.25) is 0 Å². The van der Waals surface area contributed by atoms with Crippen molar-refractivity contribution in [1.29, 1.82) is 0 Å². The summed E-state index contributed by atoms with van der Waals surface area (Å²) in [6.45, 7) is 3.51. The van der Waals surface area contributed by atoms with Gasteiger partial charge in [-0.1, -0.05) is 35.9 Å². The second-order valence-corrected chi connectivity index (χ2v) is 7.44. The summed E-state index contributed by atoms with van der Waals surface area (Å²) >= 11 is 6.96. The van der Waals surface area contributed by atoms with Crippen LogP contribution in [0.3, 0.4) is 0 Å². The molecule has 0 aliphatic rings. The zero-order chi connectivity index (χ0) is 20.3. The van der Waals surface area contributed by atoms with Crippen LogP contribution in [0.5, 0.6) is 0 Å². The smallest absolute Gasteiger partial charge is 0.339 e. The first-order valence-corrected chi connectivity index (χ1v) is 9.51. The molecule has 28 heavy (non-hydrogen) atoms. The fraction of sp³-hybridized carbons (Fsp3) is 0.100. The molecule has 142 valence electrons. The number of rotatable bonds is 5. The highest BCUT2D eigenvalue weighted by Crippen LogP contribution is 2.33. The van der Waals surface area contributed by atoms with Gasteiger partial charge in [0.15, 0.2) is 0 Å². The number of allylic oxidation sites excluding steroid dienone is 4. The number of aromatic carboxylic acids is 1. The number of halogens is 1. The third-order valence-corrected chi connectivity index (χ3v) is 4.93. The summed E-state index contributed by atoms with van der Waals surface area (Å²) < 4.78 is 0. The average molecular weight is 414 g/mol. The molecule has 0 bridgehead atoms. The van der Waals surface area contributed by atoms with E-state index in [9.17, 15) is 14.7 Å². The van der Waals surface area contributed by atoms with Crippen molar-refractivity contribution in [3.63, 3.8) is 0 Å². The lowest BCUT2D eigenvalue weighted by Gasteiger charge is -2.06. The van der Waals surface area contributed by atoms with Gasteiger partial charge >= 0.3 is 5.97 Å². The molecule has 6 nitrogen and oxygen atoms in total. The van der Waals surface area contributed by atoms with E-state index >= 15 is 0 Å². The Morgan fingerprint density at radius 1 is 1.21 bits per heavy atom. The van der Waals surface area contributed by atoms with Crippen molar-refractivity contribution in [3.8, 4) is 0 Å². The number of thiophene rings is 1. The van der Waals surface area contributed by atoms with E-state index in [1.165, 1.54) is 0 Å². The van der Waals surface area contributed by atoms with Crippen molar-refractivity contribution in [2.24, 2.45) is 0 Å². The Morgan fingerprint density at radius 2 is 1.96 bits per heavy atom. The van der Waals surface area contributed by atoms with Gasteiger partial charge in [0.1, 0.15) is 10.6 Å². The largest absolute Gasteiger partial charge is 0.478 e. The quantitative estimate of drug-likeness (QED) is 0.561.